The van der Waals surface area contributed by atoms with Crippen LogP contribution in [0.15, 0.2) is 209 Å². The third-order valence-electron chi connectivity index (χ3n) is 12.3. The Morgan fingerprint density at radius 3 is 1.74 bits per heavy atom. The van der Waals surface area contributed by atoms with E-state index < -0.39 is 0 Å². The molecule has 0 fully saturated rings. The smallest absolute Gasteiger partial charge is 0.164 e. The summed E-state index contributed by atoms with van der Waals surface area (Å²) in [4.78, 5) is 15.7. The van der Waals surface area contributed by atoms with E-state index in [9.17, 15) is 0 Å². The molecule has 0 unspecified atom stereocenters. The molecule has 62 heavy (non-hydrogen) atoms. The third kappa shape index (κ3) is 5.45. The molecule has 13 rings (SSSR count). The number of benzene rings is 9. The van der Waals surface area contributed by atoms with Crippen molar-refractivity contribution in [1.82, 2.24) is 15.0 Å². The zero-order valence-electron chi connectivity index (χ0n) is 33.2. The Balaban J connectivity index is 0.937. The molecule has 0 aliphatic heterocycles. The lowest BCUT2D eigenvalue weighted by Crippen LogP contribution is -1.96. The lowest BCUT2D eigenvalue weighted by Gasteiger charge is -2.13. The summed E-state index contributed by atoms with van der Waals surface area (Å²) < 4.78 is 12.8. The van der Waals surface area contributed by atoms with Crippen LogP contribution in [0.25, 0.3) is 133 Å². The van der Waals surface area contributed by atoms with E-state index in [1.165, 1.54) is 0 Å². The zero-order valence-corrected chi connectivity index (χ0v) is 33.2. The fraction of sp³-hybridized carbons (Fsp3) is 0. The van der Waals surface area contributed by atoms with E-state index in [0.717, 1.165) is 127 Å². The Bertz CT molecular complexity index is 3920. The molecule has 13 aromatic rings. The predicted molar refractivity (Wildman–Crippen MR) is 254 cm³/mol. The van der Waals surface area contributed by atoms with Gasteiger partial charge in [0.05, 0.1) is 28.2 Å². The minimum absolute atomic E-state index is 0.622. The Morgan fingerprint density at radius 1 is 0.323 bits per heavy atom. The molecule has 0 aliphatic rings. The van der Waals surface area contributed by atoms with Gasteiger partial charge in [0, 0.05) is 54.4 Å². The van der Waals surface area contributed by atoms with Gasteiger partial charge in [0.2, 0.25) is 0 Å². The van der Waals surface area contributed by atoms with Crippen LogP contribution in [-0.2, 0) is 0 Å². The first-order chi connectivity index (χ1) is 30.7. The topological polar surface area (TPSA) is 65.0 Å². The quantitative estimate of drug-likeness (QED) is 0.162. The fourth-order valence-corrected chi connectivity index (χ4v) is 9.29. The predicted octanol–water partition coefficient (Wildman–Crippen LogP) is 15.5. The summed E-state index contributed by atoms with van der Waals surface area (Å²) in [6.45, 7) is 0. The van der Waals surface area contributed by atoms with Gasteiger partial charge in [-0.1, -0.05) is 146 Å². The fourth-order valence-electron chi connectivity index (χ4n) is 9.29. The second-order valence-corrected chi connectivity index (χ2v) is 15.9. The first-order valence-corrected chi connectivity index (χ1v) is 20.8. The van der Waals surface area contributed by atoms with Crippen LogP contribution in [0.4, 0.5) is 0 Å². The third-order valence-corrected chi connectivity index (χ3v) is 12.3. The second kappa shape index (κ2) is 13.6. The maximum absolute atomic E-state index is 6.44. The van der Waals surface area contributed by atoms with Crippen molar-refractivity contribution in [3.8, 4) is 56.3 Å². The highest BCUT2D eigenvalue weighted by Gasteiger charge is 2.19. The number of para-hydroxylation sites is 3. The number of rotatable bonds is 5. The van der Waals surface area contributed by atoms with Gasteiger partial charge in [-0.25, -0.2) is 15.0 Å². The zero-order chi connectivity index (χ0) is 40.7. The van der Waals surface area contributed by atoms with Gasteiger partial charge >= 0.3 is 0 Å². The lowest BCUT2D eigenvalue weighted by atomic mass is 9.94. The number of pyridine rings is 1. The van der Waals surface area contributed by atoms with E-state index in [1.807, 2.05) is 60.7 Å². The van der Waals surface area contributed by atoms with Crippen LogP contribution < -0.4 is 0 Å². The van der Waals surface area contributed by atoms with Gasteiger partial charge in [0.1, 0.15) is 22.3 Å². The standard InChI is InChI=1S/C57H33N3O2/c1-3-12-34(13-4-1)47-33-48(60-57(59-47)46-19-11-18-42-41-16-7-9-20-50(41)62-56(42)46)40-25-24-36-30-37(22-23-38(36)31-40)39-26-27-43-49(32-39)58-55(35-14-5-2-6-15-35)45-28-29-52-54(53(43)45)44-17-8-10-21-51(44)61-52/h1-33H. The highest BCUT2D eigenvalue weighted by Crippen LogP contribution is 2.43. The largest absolute Gasteiger partial charge is 0.456 e. The van der Waals surface area contributed by atoms with E-state index in [4.69, 9.17) is 23.8 Å². The molecule has 0 atom stereocenters. The molecule has 0 N–H and O–H groups in total. The Labute approximate surface area is 355 Å². The van der Waals surface area contributed by atoms with E-state index >= 15 is 0 Å². The van der Waals surface area contributed by atoms with Crippen molar-refractivity contribution in [3.05, 3.63) is 200 Å². The molecule has 0 saturated heterocycles. The summed E-state index contributed by atoms with van der Waals surface area (Å²) in [7, 11) is 0. The SMILES string of the molecule is c1ccc(-c2cc(-c3ccc4cc(-c5ccc6c(c5)nc(-c5ccccc5)c5ccc7oc8ccccc8c7c56)ccc4c3)nc(-c3cccc4c3oc3ccccc34)n2)cc1. The second-order valence-electron chi connectivity index (χ2n) is 15.9. The van der Waals surface area contributed by atoms with Gasteiger partial charge < -0.3 is 8.83 Å². The van der Waals surface area contributed by atoms with Crippen molar-refractivity contribution in [2.75, 3.05) is 0 Å². The summed E-state index contributed by atoms with van der Waals surface area (Å²) in [6.07, 6.45) is 0. The molecule has 0 saturated carbocycles. The van der Waals surface area contributed by atoms with Crippen molar-refractivity contribution in [3.63, 3.8) is 0 Å². The van der Waals surface area contributed by atoms with Crippen LogP contribution in [-0.4, -0.2) is 15.0 Å². The van der Waals surface area contributed by atoms with Crippen molar-refractivity contribution < 1.29 is 8.83 Å². The Kier molecular flexibility index (Phi) is 7.54. The van der Waals surface area contributed by atoms with E-state index in [2.05, 4.69) is 140 Å². The molecular formula is C57H33N3O2. The van der Waals surface area contributed by atoms with Gasteiger partial charge in [-0.05, 0) is 76.5 Å². The minimum atomic E-state index is 0.622. The molecule has 5 nitrogen and oxygen atoms in total. The number of fused-ring (bicyclic) bond motifs is 11. The maximum Gasteiger partial charge on any atom is 0.164 e. The number of furan rings is 2. The van der Waals surface area contributed by atoms with Gasteiger partial charge in [-0.2, -0.15) is 0 Å². The van der Waals surface area contributed by atoms with Gasteiger partial charge in [-0.15, -0.1) is 0 Å². The van der Waals surface area contributed by atoms with Gasteiger partial charge in [0.15, 0.2) is 5.82 Å². The highest BCUT2D eigenvalue weighted by atomic mass is 16.3. The molecule has 0 bridgehead atoms. The van der Waals surface area contributed by atoms with Gasteiger partial charge in [-0.3, -0.25) is 0 Å². The van der Waals surface area contributed by atoms with Crippen molar-refractivity contribution in [2.45, 2.75) is 0 Å². The summed E-state index contributed by atoms with van der Waals surface area (Å²) in [5.74, 6) is 0.622. The average molecular weight is 792 g/mol. The van der Waals surface area contributed by atoms with Crippen LogP contribution in [0.5, 0.6) is 0 Å². The molecule has 288 valence electrons. The first-order valence-electron chi connectivity index (χ1n) is 20.8. The van der Waals surface area contributed by atoms with E-state index in [0.29, 0.717) is 5.82 Å². The molecule has 5 heteroatoms. The Hall–Kier alpha value is -8.41. The van der Waals surface area contributed by atoms with Crippen molar-refractivity contribution in [2.24, 2.45) is 0 Å². The Morgan fingerprint density at radius 2 is 0.935 bits per heavy atom. The number of aromatic nitrogens is 3. The molecule has 0 amide bonds. The van der Waals surface area contributed by atoms with Crippen molar-refractivity contribution >= 4 is 76.3 Å². The molecular weight excluding hydrogens is 759 g/mol. The van der Waals surface area contributed by atoms with Crippen LogP contribution in [0.1, 0.15) is 0 Å². The van der Waals surface area contributed by atoms with Crippen LogP contribution in [0, 0.1) is 0 Å². The summed E-state index contributed by atoms with van der Waals surface area (Å²) >= 11 is 0. The normalized spacial score (nSPS) is 11.9. The van der Waals surface area contributed by atoms with Crippen molar-refractivity contribution in [1.29, 1.82) is 0 Å². The molecule has 0 aliphatic carbocycles. The van der Waals surface area contributed by atoms with Crippen LogP contribution in [0.2, 0.25) is 0 Å². The number of nitrogens with zero attached hydrogens (tertiary/aromatic N) is 3. The van der Waals surface area contributed by atoms with E-state index in [-0.39, 0.29) is 0 Å². The summed E-state index contributed by atoms with van der Waals surface area (Å²) in [5.41, 5.74) is 13.2. The van der Waals surface area contributed by atoms with Crippen LogP contribution >= 0.6 is 0 Å². The van der Waals surface area contributed by atoms with Gasteiger partial charge in [0.25, 0.3) is 0 Å². The summed E-state index contributed by atoms with van der Waals surface area (Å²) in [6, 6.07) is 69.7. The van der Waals surface area contributed by atoms with Crippen LogP contribution in [0.3, 0.4) is 0 Å². The average Bonchev–Trinajstić information content (AvgIpc) is 3.92. The van der Waals surface area contributed by atoms with E-state index in [1.54, 1.807) is 0 Å². The molecule has 4 aromatic heterocycles. The lowest BCUT2D eigenvalue weighted by molar-refractivity contribution is 0.669. The highest BCUT2D eigenvalue weighted by molar-refractivity contribution is 6.28. The first kappa shape index (κ1) is 34.5. The maximum atomic E-state index is 6.44. The summed E-state index contributed by atoms with van der Waals surface area (Å²) in [5, 5.41) is 9.98. The monoisotopic (exact) mass is 791 g/mol. The number of hydrogen-bond acceptors (Lipinski definition) is 5. The molecule has 9 aromatic carbocycles. The number of hydrogen-bond donors (Lipinski definition) is 0. The minimum Gasteiger partial charge on any atom is -0.456 e. The molecule has 4 heterocycles. The molecule has 0 radical (unpaired) electrons. The molecule has 0 spiro atoms.